The van der Waals surface area contributed by atoms with Gasteiger partial charge >= 0.3 is 0 Å². The van der Waals surface area contributed by atoms with Crippen molar-refractivity contribution in [2.24, 2.45) is 5.73 Å². The van der Waals surface area contributed by atoms with Gasteiger partial charge in [0.05, 0.1) is 11.6 Å². The van der Waals surface area contributed by atoms with Gasteiger partial charge in [-0.1, -0.05) is 12.2 Å². The van der Waals surface area contributed by atoms with E-state index in [2.05, 4.69) is 15.9 Å². The van der Waals surface area contributed by atoms with Crippen LogP contribution in [-0.2, 0) is 6.61 Å². The second-order valence-electron chi connectivity index (χ2n) is 4.25. The molecule has 0 radical (unpaired) electrons. The Hall–Kier alpha value is -1.66. The number of thiocarbonyl (C=S) groups is 1. The van der Waals surface area contributed by atoms with E-state index in [0.29, 0.717) is 21.0 Å². The molecular weight excluding hydrogens is 357 g/mol. The molecule has 2 aromatic carbocycles. The molecule has 21 heavy (non-hydrogen) atoms. The van der Waals surface area contributed by atoms with Gasteiger partial charge in [0, 0.05) is 17.2 Å². The quantitative estimate of drug-likeness (QED) is 0.813. The Kier molecular flexibility index (Phi) is 5.14. The summed E-state index contributed by atoms with van der Waals surface area (Å²) >= 11 is 8.27. The highest BCUT2D eigenvalue weighted by atomic mass is 79.9. The smallest absolute Gasteiger partial charge is 0.136 e. The second kappa shape index (κ2) is 6.87. The van der Waals surface area contributed by atoms with Crippen molar-refractivity contribution in [1.82, 2.24) is 0 Å². The van der Waals surface area contributed by atoms with Crippen molar-refractivity contribution < 1.29 is 13.9 Å². The van der Waals surface area contributed by atoms with Gasteiger partial charge in [-0.15, -0.1) is 0 Å². The molecule has 2 aromatic rings. The van der Waals surface area contributed by atoms with Crippen molar-refractivity contribution in [2.45, 2.75) is 6.61 Å². The van der Waals surface area contributed by atoms with Crippen molar-refractivity contribution in [1.29, 1.82) is 0 Å². The summed E-state index contributed by atoms with van der Waals surface area (Å²) in [5.41, 5.74) is 7.12. The maximum absolute atomic E-state index is 13.2. The number of nitrogens with two attached hydrogens (primary N) is 1. The van der Waals surface area contributed by atoms with Gasteiger partial charge in [-0.2, -0.15) is 0 Å². The molecule has 0 amide bonds. The first-order valence-corrected chi connectivity index (χ1v) is 7.26. The summed E-state index contributed by atoms with van der Waals surface area (Å²) in [6, 6.07) is 9.61. The molecule has 0 saturated carbocycles. The molecular formula is C15H13BrFNO2S. The van der Waals surface area contributed by atoms with Crippen LogP contribution in [0.3, 0.4) is 0 Å². The molecule has 2 N–H and O–H groups in total. The summed E-state index contributed by atoms with van der Waals surface area (Å²) in [5, 5.41) is 0. The van der Waals surface area contributed by atoms with Crippen molar-refractivity contribution >= 4 is 33.1 Å². The molecule has 6 heteroatoms. The summed E-state index contributed by atoms with van der Waals surface area (Å²) < 4.78 is 24.8. The van der Waals surface area contributed by atoms with Gasteiger partial charge in [-0.3, -0.25) is 0 Å². The van der Waals surface area contributed by atoms with Crippen LogP contribution in [0.4, 0.5) is 4.39 Å². The fourth-order valence-corrected chi connectivity index (χ4v) is 2.28. The SMILES string of the molecule is COc1ccc(C(N)=S)cc1COc1cc(F)ccc1Br. The number of hydrogen-bond acceptors (Lipinski definition) is 3. The normalized spacial score (nSPS) is 10.2. The first kappa shape index (κ1) is 15.7. The highest BCUT2D eigenvalue weighted by Gasteiger charge is 2.09. The number of methoxy groups -OCH3 is 1. The molecule has 0 saturated heterocycles. The van der Waals surface area contributed by atoms with Crippen molar-refractivity contribution in [2.75, 3.05) is 7.11 Å². The molecule has 0 aliphatic heterocycles. The predicted octanol–water partition coefficient (Wildman–Crippen LogP) is 3.81. The lowest BCUT2D eigenvalue weighted by atomic mass is 10.1. The van der Waals surface area contributed by atoms with Crippen LogP contribution in [0, 0.1) is 5.82 Å². The van der Waals surface area contributed by atoms with Gasteiger partial charge in [-0.05, 0) is 46.3 Å². The minimum atomic E-state index is -0.364. The Bertz CT molecular complexity index is 679. The second-order valence-corrected chi connectivity index (χ2v) is 5.55. The molecule has 2 rings (SSSR count). The lowest BCUT2D eigenvalue weighted by molar-refractivity contribution is 0.293. The topological polar surface area (TPSA) is 44.5 Å². The van der Waals surface area contributed by atoms with Crippen LogP contribution >= 0.6 is 28.1 Å². The van der Waals surface area contributed by atoms with Crippen LogP contribution in [0.25, 0.3) is 0 Å². The van der Waals surface area contributed by atoms with Crippen LogP contribution in [0.2, 0.25) is 0 Å². The average Bonchev–Trinajstić information content (AvgIpc) is 2.47. The van der Waals surface area contributed by atoms with Gasteiger partial charge in [0.2, 0.25) is 0 Å². The molecule has 3 nitrogen and oxygen atoms in total. The third kappa shape index (κ3) is 3.92. The van der Waals surface area contributed by atoms with Crippen molar-refractivity contribution in [3.8, 4) is 11.5 Å². The highest BCUT2D eigenvalue weighted by molar-refractivity contribution is 9.10. The maximum atomic E-state index is 13.2. The van der Waals surface area contributed by atoms with E-state index >= 15 is 0 Å². The minimum absolute atomic E-state index is 0.210. The Morgan fingerprint density at radius 1 is 1.24 bits per heavy atom. The molecule has 0 heterocycles. The molecule has 0 aromatic heterocycles. The summed E-state index contributed by atoms with van der Waals surface area (Å²) in [4.78, 5) is 0.297. The molecule has 0 atom stereocenters. The van der Waals surface area contributed by atoms with Crippen molar-refractivity contribution in [3.63, 3.8) is 0 Å². The van der Waals surface area contributed by atoms with Gasteiger partial charge in [0.15, 0.2) is 0 Å². The zero-order chi connectivity index (χ0) is 15.4. The first-order valence-electron chi connectivity index (χ1n) is 6.06. The number of hydrogen-bond donors (Lipinski definition) is 1. The first-order chi connectivity index (χ1) is 10.0. The Morgan fingerprint density at radius 2 is 2.00 bits per heavy atom. The monoisotopic (exact) mass is 369 g/mol. The fourth-order valence-electron chi connectivity index (χ4n) is 1.79. The largest absolute Gasteiger partial charge is 0.496 e. The van der Waals surface area contributed by atoms with Gasteiger partial charge < -0.3 is 15.2 Å². The number of halogens is 2. The maximum Gasteiger partial charge on any atom is 0.136 e. The minimum Gasteiger partial charge on any atom is -0.496 e. The predicted molar refractivity (Wildman–Crippen MR) is 87.3 cm³/mol. The van der Waals surface area contributed by atoms with E-state index in [4.69, 9.17) is 27.4 Å². The van der Waals surface area contributed by atoms with E-state index in [1.54, 1.807) is 31.4 Å². The van der Waals surface area contributed by atoms with Crippen LogP contribution in [0.5, 0.6) is 11.5 Å². The average molecular weight is 370 g/mol. The van der Waals surface area contributed by atoms with Crippen LogP contribution in [0.1, 0.15) is 11.1 Å². The van der Waals surface area contributed by atoms with E-state index in [-0.39, 0.29) is 12.4 Å². The third-order valence-electron chi connectivity index (χ3n) is 2.84. The van der Waals surface area contributed by atoms with Crippen LogP contribution in [0.15, 0.2) is 40.9 Å². The molecule has 0 spiro atoms. The van der Waals surface area contributed by atoms with E-state index in [0.717, 1.165) is 11.1 Å². The number of rotatable bonds is 5. The summed E-state index contributed by atoms with van der Waals surface area (Å²) in [6.45, 7) is 0.210. The molecule has 0 unspecified atom stereocenters. The third-order valence-corrected chi connectivity index (χ3v) is 3.73. The standard InChI is InChI=1S/C15H13BrFNO2S/c1-19-13-5-2-9(15(18)21)6-10(13)8-20-14-7-11(17)3-4-12(14)16/h2-7H,8H2,1H3,(H2,18,21). The summed E-state index contributed by atoms with van der Waals surface area (Å²) in [7, 11) is 1.57. The van der Waals surface area contributed by atoms with Gasteiger partial charge in [0.1, 0.15) is 28.9 Å². The van der Waals surface area contributed by atoms with Crippen LogP contribution in [-0.4, -0.2) is 12.1 Å². The van der Waals surface area contributed by atoms with E-state index in [1.165, 1.54) is 12.1 Å². The zero-order valence-corrected chi connectivity index (χ0v) is 13.6. The zero-order valence-electron chi connectivity index (χ0n) is 11.2. The molecule has 0 aliphatic rings. The van der Waals surface area contributed by atoms with Gasteiger partial charge in [-0.25, -0.2) is 4.39 Å². The fraction of sp³-hybridized carbons (Fsp3) is 0.133. The Balaban J connectivity index is 2.24. The van der Waals surface area contributed by atoms with E-state index in [1.807, 2.05) is 0 Å². The van der Waals surface area contributed by atoms with E-state index in [9.17, 15) is 4.39 Å². The highest BCUT2D eigenvalue weighted by Crippen LogP contribution is 2.28. The molecule has 0 aliphatic carbocycles. The molecule has 0 bridgehead atoms. The number of ether oxygens (including phenoxy) is 2. The summed E-state index contributed by atoms with van der Waals surface area (Å²) in [5.74, 6) is 0.706. The van der Waals surface area contributed by atoms with Crippen molar-refractivity contribution in [3.05, 3.63) is 57.8 Å². The van der Waals surface area contributed by atoms with Crippen LogP contribution < -0.4 is 15.2 Å². The number of benzene rings is 2. The molecule has 110 valence electrons. The Morgan fingerprint density at radius 3 is 2.67 bits per heavy atom. The lowest BCUT2D eigenvalue weighted by Gasteiger charge is -2.12. The lowest BCUT2D eigenvalue weighted by Crippen LogP contribution is -2.10. The van der Waals surface area contributed by atoms with E-state index < -0.39 is 0 Å². The molecule has 0 fully saturated rings. The summed E-state index contributed by atoms with van der Waals surface area (Å²) in [6.07, 6.45) is 0. The van der Waals surface area contributed by atoms with Gasteiger partial charge in [0.25, 0.3) is 0 Å². The Labute approximate surface area is 136 Å².